The van der Waals surface area contributed by atoms with Crippen LogP contribution in [0, 0.1) is 5.92 Å². The van der Waals surface area contributed by atoms with Crippen LogP contribution >= 0.6 is 0 Å². The number of carbonyl (C=O) groups is 2. The van der Waals surface area contributed by atoms with E-state index in [1.165, 1.54) is 9.21 Å². The van der Waals surface area contributed by atoms with E-state index < -0.39 is 28.0 Å². The van der Waals surface area contributed by atoms with Gasteiger partial charge in [-0.3, -0.25) is 4.79 Å². The van der Waals surface area contributed by atoms with E-state index >= 15 is 0 Å². The van der Waals surface area contributed by atoms with Crippen molar-refractivity contribution in [3.63, 3.8) is 0 Å². The number of nitrogens with zero attached hydrogens (tertiary/aromatic N) is 2. The lowest BCUT2D eigenvalue weighted by molar-refractivity contribution is -0.150. The fourth-order valence-corrected chi connectivity index (χ4v) is 4.28. The van der Waals surface area contributed by atoms with Crippen molar-refractivity contribution in [2.75, 3.05) is 25.4 Å². The number of likely N-dealkylation sites (tertiary alicyclic amines) is 1. The van der Waals surface area contributed by atoms with E-state index in [0.29, 0.717) is 38.8 Å². The minimum Gasteiger partial charge on any atom is -0.480 e. The highest BCUT2D eigenvalue weighted by Gasteiger charge is 2.39. The van der Waals surface area contributed by atoms with Gasteiger partial charge in [0, 0.05) is 19.6 Å². The summed E-state index contributed by atoms with van der Waals surface area (Å²) in [5.74, 6) is -1.58. The van der Waals surface area contributed by atoms with Gasteiger partial charge in [-0.25, -0.2) is 17.5 Å². The molecule has 0 radical (unpaired) electrons. The van der Waals surface area contributed by atoms with Gasteiger partial charge in [-0.05, 0) is 32.6 Å². The highest BCUT2D eigenvalue weighted by atomic mass is 32.2. The summed E-state index contributed by atoms with van der Waals surface area (Å²) in [5.41, 5.74) is 0. The zero-order valence-electron chi connectivity index (χ0n) is 12.2. The molecule has 2 aliphatic heterocycles. The Hall–Kier alpha value is -1.15. The van der Waals surface area contributed by atoms with E-state index in [4.69, 9.17) is 5.11 Å². The number of carboxylic acids is 1. The van der Waals surface area contributed by atoms with Crippen LogP contribution in [-0.2, 0) is 19.6 Å². The van der Waals surface area contributed by atoms with Gasteiger partial charge >= 0.3 is 5.97 Å². The molecule has 2 heterocycles. The van der Waals surface area contributed by atoms with Crippen molar-refractivity contribution in [3.05, 3.63) is 0 Å². The quantitative estimate of drug-likeness (QED) is 0.794. The Morgan fingerprint density at radius 1 is 1.19 bits per heavy atom. The Morgan fingerprint density at radius 2 is 1.86 bits per heavy atom. The van der Waals surface area contributed by atoms with E-state index in [0.717, 1.165) is 0 Å². The molecule has 120 valence electrons. The number of sulfonamides is 1. The SMILES string of the molecule is CCS(=O)(=O)N1CCCC(C(=O)N2CCCC2C(=O)O)C1. The van der Waals surface area contributed by atoms with Crippen molar-refractivity contribution in [2.45, 2.75) is 38.6 Å². The average Bonchev–Trinajstić information content (AvgIpc) is 2.96. The lowest BCUT2D eigenvalue weighted by atomic mass is 9.97. The Balaban J connectivity index is 2.07. The van der Waals surface area contributed by atoms with Gasteiger partial charge in [0.1, 0.15) is 6.04 Å². The zero-order valence-corrected chi connectivity index (χ0v) is 13.0. The van der Waals surface area contributed by atoms with Crippen LogP contribution in [0.15, 0.2) is 0 Å². The second-order valence-electron chi connectivity index (χ2n) is 5.63. The highest BCUT2D eigenvalue weighted by Crippen LogP contribution is 2.26. The van der Waals surface area contributed by atoms with Gasteiger partial charge < -0.3 is 10.0 Å². The van der Waals surface area contributed by atoms with Crippen molar-refractivity contribution in [2.24, 2.45) is 5.92 Å². The predicted molar refractivity (Wildman–Crippen MR) is 76.1 cm³/mol. The van der Waals surface area contributed by atoms with Crippen molar-refractivity contribution in [1.29, 1.82) is 0 Å². The summed E-state index contributed by atoms with van der Waals surface area (Å²) < 4.78 is 25.2. The lowest BCUT2D eigenvalue weighted by Gasteiger charge is -2.34. The Kier molecular flexibility index (Phi) is 4.88. The predicted octanol–water partition coefficient (Wildman–Crippen LogP) is 0.124. The number of aliphatic carboxylic acids is 1. The number of piperidine rings is 1. The van der Waals surface area contributed by atoms with Crippen LogP contribution in [0.25, 0.3) is 0 Å². The number of rotatable bonds is 4. The minimum absolute atomic E-state index is 0.0232. The van der Waals surface area contributed by atoms with Gasteiger partial charge in [-0.1, -0.05) is 0 Å². The molecule has 2 fully saturated rings. The van der Waals surface area contributed by atoms with E-state index in [9.17, 15) is 18.0 Å². The molecule has 8 heteroatoms. The summed E-state index contributed by atoms with van der Waals surface area (Å²) in [6.45, 7) is 2.66. The molecule has 0 aromatic carbocycles. The van der Waals surface area contributed by atoms with Crippen LogP contribution in [-0.4, -0.2) is 66.0 Å². The maximum absolute atomic E-state index is 12.5. The smallest absolute Gasteiger partial charge is 0.326 e. The maximum Gasteiger partial charge on any atom is 0.326 e. The molecule has 0 spiro atoms. The second-order valence-corrected chi connectivity index (χ2v) is 7.88. The average molecular weight is 318 g/mol. The molecule has 0 aliphatic carbocycles. The Bertz CT molecular complexity index is 519. The first-order valence-corrected chi connectivity index (χ1v) is 8.99. The molecular weight excluding hydrogens is 296 g/mol. The van der Waals surface area contributed by atoms with Crippen LogP contribution < -0.4 is 0 Å². The first kappa shape index (κ1) is 16.2. The van der Waals surface area contributed by atoms with Crippen molar-refractivity contribution < 1.29 is 23.1 Å². The first-order valence-electron chi connectivity index (χ1n) is 7.38. The lowest BCUT2D eigenvalue weighted by Crippen LogP contribution is -2.49. The second kappa shape index (κ2) is 6.31. The molecule has 21 heavy (non-hydrogen) atoms. The highest BCUT2D eigenvalue weighted by molar-refractivity contribution is 7.89. The minimum atomic E-state index is -3.29. The third-order valence-corrected chi connectivity index (χ3v) is 6.16. The normalized spacial score (nSPS) is 27.8. The number of amides is 1. The standard InChI is InChI=1S/C13H22N2O5S/c1-2-21(19,20)14-7-3-5-10(9-14)12(16)15-8-4-6-11(15)13(17)18/h10-11H,2-9H2,1H3,(H,17,18). The zero-order chi connectivity index (χ0) is 15.6. The van der Waals surface area contributed by atoms with Gasteiger partial charge in [0.25, 0.3) is 0 Å². The molecule has 0 aromatic heterocycles. The number of hydrogen-bond donors (Lipinski definition) is 1. The number of hydrogen-bond acceptors (Lipinski definition) is 4. The molecule has 2 rings (SSSR count). The summed E-state index contributed by atoms with van der Waals surface area (Å²) in [7, 11) is -3.29. The molecule has 2 saturated heterocycles. The third-order valence-electron chi connectivity index (χ3n) is 4.31. The van der Waals surface area contributed by atoms with Crippen molar-refractivity contribution >= 4 is 21.9 Å². The summed E-state index contributed by atoms with van der Waals surface area (Å²) in [5, 5.41) is 9.15. The monoisotopic (exact) mass is 318 g/mol. The molecule has 1 amide bonds. The van der Waals surface area contributed by atoms with Gasteiger partial charge in [0.05, 0.1) is 11.7 Å². The van der Waals surface area contributed by atoms with Gasteiger partial charge in [-0.2, -0.15) is 0 Å². The molecule has 7 nitrogen and oxygen atoms in total. The topological polar surface area (TPSA) is 95.0 Å². The van der Waals surface area contributed by atoms with E-state index in [2.05, 4.69) is 0 Å². The number of carbonyl (C=O) groups excluding carboxylic acids is 1. The van der Waals surface area contributed by atoms with Crippen molar-refractivity contribution in [1.82, 2.24) is 9.21 Å². The maximum atomic E-state index is 12.5. The third kappa shape index (κ3) is 3.37. The molecule has 2 aliphatic rings. The van der Waals surface area contributed by atoms with Crippen LogP contribution in [0.1, 0.15) is 32.6 Å². The fraction of sp³-hybridized carbons (Fsp3) is 0.846. The van der Waals surface area contributed by atoms with Crippen LogP contribution in [0.5, 0.6) is 0 Å². The fourth-order valence-electron chi connectivity index (χ4n) is 3.10. The molecule has 2 unspecified atom stereocenters. The van der Waals surface area contributed by atoms with E-state index in [-0.39, 0.29) is 18.2 Å². The largest absolute Gasteiger partial charge is 0.480 e. The van der Waals surface area contributed by atoms with E-state index in [1.54, 1.807) is 6.92 Å². The van der Waals surface area contributed by atoms with Gasteiger partial charge in [-0.15, -0.1) is 0 Å². The Labute approximate surface area is 125 Å². The van der Waals surface area contributed by atoms with Crippen LogP contribution in [0.4, 0.5) is 0 Å². The molecule has 1 N–H and O–H groups in total. The molecule has 0 bridgehead atoms. The van der Waals surface area contributed by atoms with Crippen molar-refractivity contribution in [3.8, 4) is 0 Å². The summed E-state index contributed by atoms with van der Waals surface area (Å²) in [6, 6.07) is -0.754. The first-order chi connectivity index (χ1) is 9.86. The van der Waals surface area contributed by atoms with Crippen LogP contribution in [0.2, 0.25) is 0 Å². The molecular formula is C13H22N2O5S. The van der Waals surface area contributed by atoms with Gasteiger partial charge in [0.15, 0.2) is 0 Å². The van der Waals surface area contributed by atoms with Crippen LogP contribution in [0.3, 0.4) is 0 Å². The summed E-state index contributed by atoms with van der Waals surface area (Å²) in [6.07, 6.45) is 2.43. The summed E-state index contributed by atoms with van der Waals surface area (Å²) in [4.78, 5) is 25.1. The number of carboxylic acid groups (broad SMARTS) is 1. The van der Waals surface area contributed by atoms with E-state index in [1.807, 2.05) is 0 Å². The molecule has 0 saturated carbocycles. The van der Waals surface area contributed by atoms with Gasteiger partial charge in [0.2, 0.25) is 15.9 Å². The molecule has 2 atom stereocenters. The molecule has 0 aromatic rings. The summed E-state index contributed by atoms with van der Waals surface area (Å²) >= 11 is 0. The Morgan fingerprint density at radius 3 is 2.48 bits per heavy atom.